The Labute approximate surface area is 118 Å². The molecule has 0 aromatic heterocycles. The minimum Gasteiger partial charge on any atom is -0.392 e. The topological polar surface area (TPSA) is 32.3 Å². The van der Waals surface area contributed by atoms with Gasteiger partial charge < -0.3 is 10.4 Å². The molecule has 100 valence electrons. The Morgan fingerprint density at radius 2 is 2.22 bits per heavy atom. The van der Waals surface area contributed by atoms with Crippen molar-refractivity contribution in [3.05, 3.63) is 34.3 Å². The van der Waals surface area contributed by atoms with E-state index in [-0.39, 0.29) is 6.10 Å². The van der Waals surface area contributed by atoms with Crippen LogP contribution < -0.4 is 5.32 Å². The summed E-state index contributed by atoms with van der Waals surface area (Å²) >= 11 is 3.52. The van der Waals surface area contributed by atoms with Crippen LogP contribution in [-0.2, 0) is 0 Å². The molecule has 3 heteroatoms. The van der Waals surface area contributed by atoms with Crippen LogP contribution in [-0.4, -0.2) is 23.8 Å². The molecule has 2 nitrogen and oxygen atoms in total. The van der Waals surface area contributed by atoms with Crippen LogP contribution in [0.4, 0.5) is 0 Å². The van der Waals surface area contributed by atoms with Crippen molar-refractivity contribution in [3.8, 4) is 0 Å². The Morgan fingerprint density at radius 1 is 1.44 bits per heavy atom. The van der Waals surface area contributed by atoms with Gasteiger partial charge in [0.05, 0.1) is 6.10 Å². The van der Waals surface area contributed by atoms with E-state index in [4.69, 9.17) is 0 Å². The SMILES string of the molecule is CCCC(O)CNC1CC(c2cccc(Br)c2)C1. The summed E-state index contributed by atoms with van der Waals surface area (Å²) in [7, 11) is 0. The molecule has 0 bridgehead atoms. The third-order valence-corrected chi connectivity index (χ3v) is 4.22. The smallest absolute Gasteiger partial charge is 0.0664 e. The van der Waals surface area contributed by atoms with E-state index in [9.17, 15) is 5.11 Å². The molecule has 18 heavy (non-hydrogen) atoms. The summed E-state index contributed by atoms with van der Waals surface area (Å²) in [5.74, 6) is 0.684. The van der Waals surface area contributed by atoms with Crippen LogP contribution in [0.5, 0.6) is 0 Å². The third kappa shape index (κ3) is 3.81. The van der Waals surface area contributed by atoms with E-state index < -0.39 is 0 Å². The van der Waals surface area contributed by atoms with Gasteiger partial charge in [-0.1, -0.05) is 41.4 Å². The second-order valence-corrected chi connectivity index (χ2v) is 6.19. The lowest BCUT2D eigenvalue weighted by molar-refractivity contribution is 0.145. The standard InChI is InChI=1S/C15H22BrNO/c1-2-4-15(18)10-17-14-8-12(9-14)11-5-3-6-13(16)7-11/h3,5-7,12,14-15,17-18H,2,4,8-10H2,1H3. The summed E-state index contributed by atoms with van der Waals surface area (Å²) in [6.07, 6.45) is 4.15. The van der Waals surface area contributed by atoms with Gasteiger partial charge in [-0.05, 0) is 42.9 Å². The summed E-state index contributed by atoms with van der Waals surface area (Å²) in [5, 5.41) is 13.1. The number of nitrogens with one attached hydrogen (secondary N) is 1. The predicted octanol–water partition coefficient (Wildman–Crippen LogP) is 3.45. The van der Waals surface area contributed by atoms with Crippen LogP contribution in [0.25, 0.3) is 0 Å². The fourth-order valence-corrected chi connectivity index (χ4v) is 2.97. The number of benzene rings is 1. The van der Waals surface area contributed by atoms with Gasteiger partial charge in [0.1, 0.15) is 0 Å². The molecule has 0 aliphatic heterocycles. The summed E-state index contributed by atoms with van der Waals surface area (Å²) < 4.78 is 1.16. The van der Waals surface area contributed by atoms with Crippen molar-refractivity contribution in [1.82, 2.24) is 5.32 Å². The third-order valence-electron chi connectivity index (χ3n) is 3.72. The largest absolute Gasteiger partial charge is 0.392 e. The Bertz CT molecular complexity index is 377. The average molecular weight is 312 g/mol. The zero-order valence-electron chi connectivity index (χ0n) is 10.9. The maximum atomic E-state index is 9.67. The van der Waals surface area contributed by atoms with Gasteiger partial charge in [0.25, 0.3) is 0 Å². The lowest BCUT2D eigenvalue weighted by atomic mass is 9.76. The molecule has 1 aromatic carbocycles. The van der Waals surface area contributed by atoms with Crippen LogP contribution >= 0.6 is 15.9 Å². The maximum Gasteiger partial charge on any atom is 0.0664 e. The number of hydrogen-bond donors (Lipinski definition) is 2. The van der Waals surface area contributed by atoms with Crippen molar-refractivity contribution >= 4 is 15.9 Å². The van der Waals surface area contributed by atoms with Gasteiger partial charge in [0.15, 0.2) is 0 Å². The Morgan fingerprint density at radius 3 is 2.89 bits per heavy atom. The van der Waals surface area contributed by atoms with Crippen molar-refractivity contribution in [2.75, 3.05) is 6.54 Å². The van der Waals surface area contributed by atoms with E-state index in [2.05, 4.69) is 52.4 Å². The lowest BCUT2D eigenvalue weighted by Gasteiger charge is -2.37. The summed E-state index contributed by atoms with van der Waals surface area (Å²) in [4.78, 5) is 0. The molecule has 0 radical (unpaired) electrons. The Kier molecular flexibility index (Phi) is 5.22. The minimum absolute atomic E-state index is 0.181. The molecule has 1 aliphatic rings. The highest BCUT2D eigenvalue weighted by Crippen LogP contribution is 2.37. The number of aliphatic hydroxyl groups excluding tert-OH is 1. The number of rotatable bonds is 6. The van der Waals surface area contributed by atoms with Gasteiger partial charge in [0.2, 0.25) is 0 Å². The summed E-state index contributed by atoms with van der Waals surface area (Å²) in [6.45, 7) is 2.85. The van der Waals surface area contributed by atoms with Gasteiger partial charge in [-0.15, -0.1) is 0 Å². The van der Waals surface area contributed by atoms with E-state index in [0.29, 0.717) is 12.0 Å². The van der Waals surface area contributed by atoms with Crippen molar-refractivity contribution in [3.63, 3.8) is 0 Å². The highest BCUT2D eigenvalue weighted by Gasteiger charge is 2.30. The molecule has 0 amide bonds. The highest BCUT2D eigenvalue weighted by molar-refractivity contribution is 9.10. The molecule has 2 N–H and O–H groups in total. The van der Waals surface area contributed by atoms with Gasteiger partial charge in [-0.2, -0.15) is 0 Å². The molecule has 0 heterocycles. The first-order valence-corrected chi connectivity index (χ1v) is 7.65. The Balaban J connectivity index is 1.71. The van der Waals surface area contributed by atoms with Gasteiger partial charge in [0, 0.05) is 17.1 Å². The van der Waals surface area contributed by atoms with Crippen LogP contribution in [0.2, 0.25) is 0 Å². The quantitative estimate of drug-likeness (QED) is 0.843. The first-order chi connectivity index (χ1) is 8.69. The monoisotopic (exact) mass is 311 g/mol. The first-order valence-electron chi connectivity index (χ1n) is 6.86. The number of hydrogen-bond acceptors (Lipinski definition) is 2. The zero-order chi connectivity index (χ0) is 13.0. The first kappa shape index (κ1) is 14.0. The zero-order valence-corrected chi connectivity index (χ0v) is 12.5. The van der Waals surface area contributed by atoms with Crippen LogP contribution in [0.1, 0.15) is 44.1 Å². The predicted molar refractivity (Wildman–Crippen MR) is 78.8 cm³/mol. The van der Waals surface area contributed by atoms with Crippen LogP contribution in [0, 0.1) is 0 Å². The van der Waals surface area contributed by atoms with Gasteiger partial charge >= 0.3 is 0 Å². The average Bonchev–Trinajstić information content (AvgIpc) is 2.27. The van der Waals surface area contributed by atoms with Crippen molar-refractivity contribution in [2.45, 2.75) is 50.7 Å². The van der Waals surface area contributed by atoms with E-state index in [1.807, 2.05) is 0 Å². The molecular formula is C15H22BrNO. The van der Waals surface area contributed by atoms with Crippen molar-refractivity contribution in [1.29, 1.82) is 0 Å². The van der Waals surface area contributed by atoms with Crippen LogP contribution in [0.15, 0.2) is 28.7 Å². The molecule has 1 aromatic rings. The van der Waals surface area contributed by atoms with E-state index in [1.165, 1.54) is 18.4 Å². The van der Waals surface area contributed by atoms with Crippen molar-refractivity contribution in [2.24, 2.45) is 0 Å². The lowest BCUT2D eigenvalue weighted by Crippen LogP contribution is -2.43. The molecule has 1 saturated carbocycles. The van der Waals surface area contributed by atoms with E-state index in [1.54, 1.807) is 0 Å². The minimum atomic E-state index is -0.181. The molecule has 0 saturated heterocycles. The molecular weight excluding hydrogens is 290 g/mol. The molecule has 2 rings (SSSR count). The molecule has 1 unspecified atom stereocenters. The second kappa shape index (κ2) is 6.69. The summed E-state index contributed by atoms with van der Waals surface area (Å²) in [5.41, 5.74) is 1.43. The Hall–Kier alpha value is -0.380. The van der Waals surface area contributed by atoms with E-state index in [0.717, 1.165) is 23.9 Å². The normalized spacial score (nSPS) is 24.6. The number of aliphatic hydroxyl groups is 1. The number of halogens is 1. The molecule has 1 atom stereocenters. The van der Waals surface area contributed by atoms with Crippen molar-refractivity contribution < 1.29 is 5.11 Å². The van der Waals surface area contributed by atoms with Gasteiger partial charge in [-0.3, -0.25) is 0 Å². The second-order valence-electron chi connectivity index (χ2n) is 5.27. The summed E-state index contributed by atoms with van der Waals surface area (Å²) in [6, 6.07) is 9.18. The maximum absolute atomic E-state index is 9.67. The highest BCUT2D eigenvalue weighted by atomic mass is 79.9. The fraction of sp³-hybridized carbons (Fsp3) is 0.600. The molecule has 1 fully saturated rings. The van der Waals surface area contributed by atoms with Crippen LogP contribution in [0.3, 0.4) is 0 Å². The van der Waals surface area contributed by atoms with E-state index >= 15 is 0 Å². The molecule has 1 aliphatic carbocycles. The molecule has 0 spiro atoms. The fourth-order valence-electron chi connectivity index (χ4n) is 2.56. The van der Waals surface area contributed by atoms with Gasteiger partial charge in [-0.25, -0.2) is 0 Å².